The van der Waals surface area contributed by atoms with E-state index in [4.69, 9.17) is 15.2 Å². The standard InChI is InChI=1S/C11H19N5O2/c12-8-2-1-3-16(6-8)11-13-10(14-15-11)9-7-17-4-5-18-9/h8-9H,1-7,12H2,(H,13,14,15). The summed E-state index contributed by atoms with van der Waals surface area (Å²) in [7, 11) is 0. The van der Waals surface area contributed by atoms with Gasteiger partial charge in [0, 0.05) is 19.1 Å². The molecule has 0 aromatic carbocycles. The van der Waals surface area contributed by atoms with Crippen LogP contribution >= 0.6 is 0 Å². The molecule has 100 valence electrons. The van der Waals surface area contributed by atoms with Crippen molar-refractivity contribution in [3.63, 3.8) is 0 Å². The molecule has 18 heavy (non-hydrogen) atoms. The van der Waals surface area contributed by atoms with Crippen LogP contribution in [0.1, 0.15) is 24.8 Å². The smallest absolute Gasteiger partial charge is 0.244 e. The van der Waals surface area contributed by atoms with E-state index in [0.29, 0.717) is 25.8 Å². The quantitative estimate of drug-likeness (QED) is 0.760. The van der Waals surface area contributed by atoms with E-state index < -0.39 is 0 Å². The lowest BCUT2D eigenvalue weighted by molar-refractivity contribution is -0.0933. The molecule has 0 amide bonds. The zero-order valence-electron chi connectivity index (χ0n) is 10.3. The number of hydrogen-bond acceptors (Lipinski definition) is 6. The van der Waals surface area contributed by atoms with Gasteiger partial charge < -0.3 is 20.1 Å². The number of aromatic amines is 1. The first-order valence-corrected chi connectivity index (χ1v) is 6.45. The van der Waals surface area contributed by atoms with Crippen LogP contribution in [-0.2, 0) is 9.47 Å². The van der Waals surface area contributed by atoms with Crippen LogP contribution < -0.4 is 10.6 Å². The third-order valence-electron chi connectivity index (χ3n) is 3.35. The Labute approximate surface area is 106 Å². The molecular formula is C11H19N5O2. The number of H-pyrrole nitrogens is 1. The predicted molar refractivity (Wildman–Crippen MR) is 65.3 cm³/mol. The van der Waals surface area contributed by atoms with E-state index in [1.165, 1.54) is 0 Å². The number of nitrogens with one attached hydrogen (secondary N) is 1. The van der Waals surface area contributed by atoms with E-state index in [2.05, 4.69) is 20.1 Å². The van der Waals surface area contributed by atoms with E-state index >= 15 is 0 Å². The summed E-state index contributed by atoms with van der Waals surface area (Å²) in [5.41, 5.74) is 5.96. The molecule has 2 fully saturated rings. The highest BCUT2D eigenvalue weighted by Crippen LogP contribution is 2.20. The van der Waals surface area contributed by atoms with Crippen LogP contribution in [0.4, 0.5) is 5.95 Å². The summed E-state index contributed by atoms with van der Waals surface area (Å²) in [6.45, 7) is 3.58. The number of anilines is 1. The van der Waals surface area contributed by atoms with Gasteiger partial charge in [-0.1, -0.05) is 0 Å². The number of nitrogens with two attached hydrogens (primary N) is 1. The molecule has 7 heteroatoms. The van der Waals surface area contributed by atoms with Crippen molar-refractivity contribution in [2.45, 2.75) is 25.0 Å². The molecule has 0 bridgehead atoms. The van der Waals surface area contributed by atoms with Crippen molar-refractivity contribution in [2.24, 2.45) is 5.73 Å². The minimum Gasteiger partial charge on any atom is -0.376 e. The number of rotatable bonds is 2. The lowest BCUT2D eigenvalue weighted by Crippen LogP contribution is -2.43. The maximum Gasteiger partial charge on any atom is 0.244 e. The monoisotopic (exact) mass is 253 g/mol. The molecule has 2 saturated heterocycles. The first-order valence-electron chi connectivity index (χ1n) is 6.45. The molecule has 2 aliphatic heterocycles. The summed E-state index contributed by atoms with van der Waals surface area (Å²) in [5, 5.41) is 7.19. The fraction of sp³-hybridized carbons (Fsp3) is 0.818. The zero-order chi connectivity index (χ0) is 12.4. The minimum atomic E-state index is -0.126. The number of aromatic nitrogens is 3. The molecule has 3 heterocycles. The SMILES string of the molecule is NC1CCCN(c2n[nH]c(C3COCCO3)n2)C1. The van der Waals surface area contributed by atoms with Crippen molar-refractivity contribution in [2.75, 3.05) is 37.8 Å². The Hall–Kier alpha value is -1.18. The summed E-state index contributed by atoms with van der Waals surface area (Å²) in [6, 6.07) is 0.218. The molecule has 1 aromatic heterocycles. The fourth-order valence-electron chi connectivity index (χ4n) is 2.39. The van der Waals surface area contributed by atoms with E-state index in [-0.39, 0.29) is 12.1 Å². The second-order valence-corrected chi connectivity index (χ2v) is 4.80. The van der Waals surface area contributed by atoms with Gasteiger partial charge in [0.2, 0.25) is 5.95 Å². The average Bonchev–Trinajstić information content (AvgIpc) is 2.89. The van der Waals surface area contributed by atoms with Crippen molar-refractivity contribution in [3.05, 3.63) is 5.82 Å². The van der Waals surface area contributed by atoms with Gasteiger partial charge in [0.15, 0.2) is 5.82 Å². The summed E-state index contributed by atoms with van der Waals surface area (Å²) in [5.74, 6) is 1.46. The number of hydrogen-bond donors (Lipinski definition) is 2. The van der Waals surface area contributed by atoms with Crippen LogP contribution in [0, 0.1) is 0 Å². The Balaban J connectivity index is 1.68. The Kier molecular flexibility index (Phi) is 3.44. The van der Waals surface area contributed by atoms with Crippen LogP contribution in [-0.4, -0.2) is 54.1 Å². The lowest BCUT2D eigenvalue weighted by Gasteiger charge is -2.29. The Bertz CT molecular complexity index is 391. The lowest BCUT2D eigenvalue weighted by atomic mass is 10.1. The second kappa shape index (κ2) is 5.21. The summed E-state index contributed by atoms with van der Waals surface area (Å²) < 4.78 is 10.9. The molecule has 1 aromatic rings. The van der Waals surface area contributed by atoms with Crippen molar-refractivity contribution < 1.29 is 9.47 Å². The summed E-state index contributed by atoms with van der Waals surface area (Å²) >= 11 is 0. The molecule has 2 aliphatic rings. The first-order chi connectivity index (χ1) is 8.83. The van der Waals surface area contributed by atoms with Gasteiger partial charge in [-0.2, -0.15) is 4.98 Å². The molecule has 2 unspecified atom stereocenters. The third-order valence-corrected chi connectivity index (χ3v) is 3.35. The van der Waals surface area contributed by atoms with Gasteiger partial charge in [0.25, 0.3) is 0 Å². The normalized spacial score (nSPS) is 29.5. The van der Waals surface area contributed by atoms with E-state index in [1.54, 1.807) is 0 Å². The second-order valence-electron chi connectivity index (χ2n) is 4.80. The minimum absolute atomic E-state index is 0.126. The molecule has 0 radical (unpaired) electrons. The van der Waals surface area contributed by atoms with Crippen molar-refractivity contribution in [1.29, 1.82) is 0 Å². The first kappa shape index (κ1) is 11.9. The van der Waals surface area contributed by atoms with Crippen LogP contribution in [0.5, 0.6) is 0 Å². The molecule has 3 N–H and O–H groups in total. The third kappa shape index (κ3) is 2.47. The zero-order valence-corrected chi connectivity index (χ0v) is 10.3. The van der Waals surface area contributed by atoms with Gasteiger partial charge in [-0.05, 0) is 12.8 Å². The van der Waals surface area contributed by atoms with Crippen molar-refractivity contribution >= 4 is 5.95 Å². The maximum atomic E-state index is 5.96. The Morgan fingerprint density at radius 2 is 2.33 bits per heavy atom. The molecule has 7 nitrogen and oxygen atoms in total. The van der Waals surface area contributed by atoms with Crippen LogP contribution in [0.3, 0.4) is 0 Å². The van der Waals surface area contributed by atoms with E-state index in [9.17, 15) is 0 Å². The van der Waals surface area contributed by atoms with Crippen molar-refractivity contribution in [3.8, 4) is 0 Å². The molecule has 0 saturated carbocycles. The topological polar surface area (TPSA) is 89.3 Å². The fourth-order valence-corrected chi connectivity index (χ4v) is 2.39. The number of piperidine rings is 1. The number of nitrogens with zero attached hydrogens (tertiary/aromatic N) is 3. The molecule has 0 aliphatic carbocycles. The van der Waals surface area contributed by atoms with Gasteiger partial charge >= 0.3 is 0 Å². The largest absolute Gasteiger partial charge is 0.376 e. The predicted octanol–water partition coefficient (Wildman–Crippen LogP) is -0.180. The van der Waals surface area contributed by atoms with E-state index in [0.717, 1.165) is 31.8 Å². The Morgan fingerprint density at radius 1 is 1.39 bits per heavy atom. The highest BCUT2D eigenvalue weighted by molar-refractivity contribution is 5.30. The van der Waals surface area contributed by atoms with E-state index in [1.807, 2.05) is 0 Å². The van der Waals surface area contributed by atoms with Crippen LogP contribution in [0.15, 0.2) is 0 Å². The highest BCUT2D eigenvalue weighted by atomic mass is 16.6. The van der Waals surface area contributed by atoms with Gasteiger partial charge in [-0.25, -0.2) is 0 Å². The molecular weight excluding hydrogens is 234 g/mol. The van der Waals surface area contributed by atoms with Gasteiger partial charge in [0.1, 0.15) is 6.10 Å². The molecule has 3 rings (SSSR count). The summed E-state index contributed by atoms with van der Waals surface area (Å²) in [6.07, 6.45) is 2.04. The molecule has 2 atom stereocenters. The van der Waals surface area contributed by atoms with Gasteiger partial charge in [0.05, 0.1) is 19.8 Å². The maximum absolute atomic E-state index is 5.96. The number of ether oxygens (including phenoxy) is 2. The highest BCUT2D eigenvalue weighted by Gasteiger charge is 2.24. The Morgan fingerprint density at radius 3 is 3.11 bits per heavy atom. The average molecular weight is 253 g/mol. The molecule has 0 spiro atoms. The van der Waals surface area contributed by atoms with Crippen molar-refractivity contribution in [1.82, 2.24) is 15.2 Å². The van der Waals surface area contributed by atoms with Gasteiger partial charge in [-0.15, -0.1) is 5.10 Å². The summed E-state index contributed by atoms with van der Waals surface area (Å²) in [4.78, 5) is 6.61. The van der Waals surface area contributed by atoms with Crippen LogP contribution in [0.25, 0.3) is 0 Å². The van der Waals surface area contributed by atoms with Gasteiger partial charge in [-0.3, -0.25) is 5.10 Å². The van der Waals surface area contributed by atoms with Crippen LogP contribution in [0.2, 0.25) is 0 Å².